The molecule has 5 heteroatoms. The van der Waals surface area contributed by atoms with Crippen LogP contribution in [0.25, 0.3) is 10.9 Å². The molecule has 20 heavy (non-hydrogen) atoms. The Balaban J connectivity index is 2.10. The number of aromatic amines is 1. The minimum atomic E-state index is -0.894. The first-order valence-electron chi connectivity index (χ1n) is 6.52. The third kappa shape index (κ3) is 3.05. The van der Waals surface area contributed by atoms with E-state index in [9.17, 15) is 9.59 Å². The fourth-order valence-corrected chi connectivity index (χ4v) is 2.07. The van der Waals surface area contributed by atoms with Gasteiger partial charge in [-0.05, 0) is 31.9 Å². The Hall–Kier alpha value is -2.14. The molecule has 0 aliphatic heterocycles. The lowest BCUT2D eigenvalue weighted by atomic mass is 10.0. The highest BCUT2D eigenvalue weighted by molar-refractivity contribution is 5.87. The number of amides is 1. The third-order valence-corrected chi connectivity index (χ3v) is 3.19. The van der Waals surface area contributed by atoms with Gasteiger partial charge < -0.3 is 20.8 Å². The molecule has 0 saturated carbocycles. The van der Waals surface area contributed by atoms with Gasteiger partial charge in [-0.25, -0.2) is 0 Å². The smallest absolute Gasteiger partial charge is 0.238 e. The normalized spacial score (nSPS) is 13.2. The molecule has 1 atom stereocenters. The summed E-state index contributed by atoms with van der Waals surface area (Å²) < 4.78 is 0. The summed E-state index contributed by atoms with van der Waals surface area (Å²) in [7, 11) is 0. The molecule has 2 rings (SSSR count). The van der Waals surface area contributed by atoms with Gasteiger partial charge >= 0.3 is 0 Å². The lowest BCUT2D eigenvalue weighted by Gasteiger charge is -2.21. The molecule has 1 aromatic heterocycles. The topological polar surface area (TPSA) is 88.0 Å². The van der Waals surface area contributed by atoms with E-state index in [0.717, 1.165) is 16.5 Å². The molecule has 0 spiro atoms. The van der Waals surface area contributed by atoms with E-state index in [1.165, 1.54) is 0 Å². The van der Waals surface area contributed by atoms with Crippen LogP contribution in [0.1, 0.15) is 19.4 Å². The maximum absolute atomic E-state index is 12.0. The number of nitrogens with two attached hydrogens (primary N) is 1. The number of aromatic nitrogens is 1. The molecule has 0 fully saturated rings. The highest BCUT2D eigenvalue weighted by Gasteiger charge is 2.23. The number of hydrogen-bond donors (Lipinski definition) is 3. The second-order valence-corrected chi connectivity index (χ2v) is 5.50. The van der Waals surface area contributed by atoms with Gasteiger partial charge in [0, 0.05) is 17.1 Å². The molecule has 2 aromatic rings. The van der Waals surface area contributed by atoms with Gasteiger partial charge in [0.2, 0.25) is 5.91 Å². The number of nitrogens with one attached hydrogen (secondary N) is 2. The fraction of sp³-hybridized carbons (Fsp3) is 0.333. The van der Waals surface area contributed by atoms with Gasteiger partial charge in [0.05, 0.1) is 11.6 Å². The molecule has 1 aromatic carbocycles. The highest BCUT2D eigenvalue weighted by Crippen LogP contribution is 2.18. The first kappa shape index (κ1) is 14.3. The summed E-state index contributed by atoms with van der Waals surface area (Å²) >= 11 is 0. The van der Waals surface area contributed by atoms with Gasteiger partial charge in [-0.2, -0.15) is 0 Å². The van der Waals surface area contributed by atoms with Gasteiger partial charge in [0.25, 0.3) is 0 Å². The largest absolute Gasteiger partial charge is 0.361 e. The molecular formula is C15H19N3O2. The Morgan fingerprint density at radius 2 is 2.15 bits per heavy atom. The lowest BCUT2D eigenvalue weighted by molar-refractivity contribution is -0.126. The minimum Gasteiger partial charge on any atom is -0.361 e. The maximum atomic E-state index is 12.0. The van der Waals surface area contributed by atoms with Crippen LogP contribution in [0.3, 0.4) is 0 Å². The van der Waals surface area contributed by atoms with E-state index in [4.69, 9.17) is 5.73 Å². The lowest BCUT2D eigenvalue weighted by Crippen LogP contribution is -2.52. The predicted molar refractivity (Wildman–Crippen MR) is 78.3 cm³/mol. The van der Waals surface area contributed by atoms with E-state index in [-0.39, 0.29) is 5.91 Å². The van der Waals surface area contributed by atoms with Crippen molar-refractivity contribution in [2.75, 3.05) is 0 Å². The predicted octanol–water partition coefficient (Wildman–Crippen LogP) is 1.13. The summed E-state index contributed by atoms with van der Waals surface area (Å²) in [4.78, 5) is 25.9. The number of aldehydes is 1. The first-order chi connectivity index (χ1) is 9.43. The summed E-state index contributed by atoms with van der Waals surface area (Å²) in [6.07, 6.45) is 2.98. The Morgan fingerprint density at radius 3 is 2.85 bits per heavy atom. The fourth-order valence-electron chi connectivity index (χ4n) is 2.07. The second kappa shape index (κ2) is 5.46. The van der Waals surface area contributed by atoms with Crippen molar-refractivity contribution in [2.45, 2.75) is 31.8 Å². The number of carbonyl (C=O) groups excluding carboxylic acids is 2. The van der Waals surface area contributed by atoms with Crippen molar-refractivity contribution in [1.29, 1.82) is 0 Å². The molecule has 1 amide bonds. The average molecular weight is 273 g/mol. The number of rotatable bonds is 5. The number of H-pyrrole nitrogens is 1. The number of benzene rings is 1. The first-order valence-corrected chi connectivity index (χ1v) is 6.52. The zero-order valence-corrected chi connectivity index (χ0v) is 11.6. The average Bonchev–Trinajstić information content (AvgIpc) is 2.82. The molecule has 106 valence electrons. The van der Waals surface area contributed by atoms with Crippen LogP contribution < -0.4 is 11.1 Å². The van der Waals surface area contributed by atoms with Gasteiger partial charge in [-0.1, -0.05) is 18.2 Å². The molecule has 0 bridgehead atoms. The Kier molecular flexibility index (Phi) is 3.90. The van der Waals surface area contributed by atoms with Crippen LogP contribution in [0.4, 0.5) is 0 Å². The Morgan fingerprint density at radius 1 is 1.45 bits per heavy atom. The van der Waals surface area contributed by atoms with Crippen LogP contribution in [0.15, 0.2) is 30.5 Å². The number of carbonyl (C=O) groups is 2. The standard InChI is InChI=1S/C15H19N3O2/c1-15(2,9-19)18-14(20)12(16)7-10-8-17-13-6-4-3-5-11(10)13/h3-6,8-9,12,17H,7,16H2,1-2H3,(H,18,20)/t12-/m1/s1. The van der Waals surface area contributed by atoms with Crippen LogP contribution >= 0.6 is 0 Å². The van der Waals surface area contributed by atoms with E-state index in [2.05, 4.69) is 10.3 Å². The van der Waals surface area contributed by atoms with Crippen LogP contribution in [-0.4, -0.2) is 28.8 Å². The van der Waals surface area contributed by atoms with Crippen molar-refractivity contribution in [3.8, 4) is 0 Å². The number of fused-ring (bicyclic) bond motifs is 1. The monoisotopic (exact) mass is 273 g/mol. The molecule has 4 N–H and O–H groups in total. The summed E-state index contributed by atoms with van der Waals surface area (Å²) in [5.41, 5.74) is 7.04. The van der Waals surface area contributed by atoms with E-state index in [0.29, 0.717) is 12.7 Å². The van der Waals surface area contributed by atoms with Crippen LogP contribution in [0.2, 0.25) is 0 Å². The van der Waals surface area contributed by atoms with Crippen molar-refractivity contribution in [2.24, 2.45) is 5.73 Å². The molecule has 0 aliphatic rings. The quantitative estimate of drug-likeness (QED) is 0.714. The van der Waals surface area contributed by atoms with Gasteiger partial charge in [0.15, 0.2) is 0 Å². The van der Waals surface area contributed by atoms with Gasteiger partial charge in [0.1, 0.15) is 6.29 Å². The van der Waals surface area contributed by atoms with Gasteiger partial charge in [-0.3, -0.25) is 4.79 Å². The molecule has 0 radical (unpaired) electrons. The minimum absolute atomic E-state index is 0.326. The van der Waals surface area contributed by atoms with Crippen molar-refractivity contribution in [3.63, 3.8) is 0 Å². The van der Waals surface area contributed by atoms with Crippen LogP contribution in [-0.2, 0) is 16.0 Å². The maximum Gasteiger partial charge on any atom is 0.238 e. The van der Waals surface area contributed by atoms with Crippen LogP contribution in [0, 0.1) is 0 Å². The second-order valence-electron chi connectivity index (χ2n) is 5.50. The van der Waals surface area contributed by atoms with Crippen molar-refractivity contribution in [1.82, 2.24) is 10.3 Å². The zero-order chi connectivity index (χ0) is 14.8. The summed E-state index contributed by atoms with van der Waals surface area (Å²) in [6, 6.07) is 7.16. The molecule has 0 saturated heterocycles. The Labute approximate surface area is 117 Å². The molecule has 0 aliphatic carbocycles. The van der Waals surface area contributed by atoms with Crippen molar-refractivity contribution in [3.05, 3.63) is 36.0 Å². The van der Waals surface area contributed by atoms with E-state index < -0.39 is 11.6 Å². The zero-order valence-electron chi connectivity index (χ0n) is 11.6. The van der Waals surface area contributed by atoms with E-state index >= 15 is 0 Å². The van der Waals surface area contributed by atoms with E-state index in [1.54, 1.807) is 13.8 Å². The number of hydrogen-bond acceptors (Lipinski definition) is 3. The van der Waals surface area contributed by atoms with Crippen LogP contribution in [0.5, 0.6) is 0 Å². The van der Waals surface area contributed by atoms with E-state index in [1.807, 2.05) is 30.5 Å². The Bertz CT molecular complexity index is 631. The molecule has 5 nitrogen and oxygen atoms in total. The highest BCUT2D eigenvalue weighted by atomic mass is 16.2. The SMILES string of the molecule is CC(C)(C=O)NC(=O)[C@H](N)Cc1c[nH]c2ccccc12. The number of para-hydroxylation sites is 1. The third-order valence-electron chi connectivity index (χ3n) is 3.19. The molecule has 0 unspecified atom stereocenters. The molecular weight excluding hydrogens is 254 g/mol. The summed E-state index contributed by atoms with van der Waals surface area (Å²) in [6.45, 7) is 3.27. The summed E-state index contributed by atoms with van der Waals surface area (Å²) in [5.74, 6) is -0.326. The van der Waals surface area contributed by atoms with Crippen molar-refractivity contribution < 1.29 is 9.59 Å². The van der Waals surface area contributed by atoms with Gasteiger partial charge in [-0.15, -0.1) is 0 Å². The summed E-state index contributed by atoms with van der Waals surface area (Å²) in [5, 5.41) is 3.68. The molecule has 1 heterocycles. The van der Waals surface area contributed by atoms with Crippen molar-refractivity contribution >= 4 is 23.1 Å².